The number of aliphatic hydroxyl groups is 2. The highest BCUT2D eigenvalue weighted by Crippen LogP contribution is 2.19. The molecule has 0 aliphatic carbocycles. The van der Waals surface area contributed by atoms with Gasteiger partial charge in [0.25, 0.3) is 0 Å². The van der Waals surface area contributed by atoms with Crippen LogP contribution in [0.15, 0.2) is 29.2 Å². The van der Waals surface area contributed by atoms with E-state index in [1.807, 2.05) is 6.92 Å². The summed E-state index contributed by atoms with van der Waals surface area (Å²) in [7, 11) is -3.23. The van der Waals surface area contributed by atoms with Crippen LogP contribution in [0.1, 0.15) is 38.9 Å². The summed E-state index contributed by atoms with van der Waals surface area (Å²) in [5.74, 6) is 0. The minimum Gasteiger partial charge on any atom is -0.395 e. The van der Waals surface area contributed by atoms with Crippen LogP contribution in [-0.2, 0) is 9.84 Å². The lowest BCUT2D eigenvalue weighted by Crippen LogP contribution is -2.37. The molecule has 0 unspecified atom stereocenters. The topological polar surface area (TPSA) is 86.6 Å². The second-order valence-corrected chi connectivity index (χ2v) is 6.86. The molecule has 0 heterocycles. The summed E-state index contributed by atoms with van der Waals surface area (Å²) in [5.41, 5.74) is 0.572. The fraction of sp³-hybridized carbons (Fsp3) is 0.600. The van der Waals surface area contributed by atoms with Crippen LogP contribution >= 0.6 is 0 Å². The Labute approximate surface area is 127 Å². The first-order chi connectivity index (χ1) is 9.81. The molecule has 0 aliphatic heterocycles. The molecule has 0 saturated heterocycles. The van der Waals surface area contributed by atoms with Gasteiger partial charge < -0.3 is 15.5 Å². The van der Waals surface area contributed by atoms with E-state index in [0.717, 1.165) is 6.26 Å². The van der Waals surface area contributed by atoms with Crippen molar-refractivity contribution in [3.05, 3.63) is 29.8 Å². The van der Waals surface area contributed by atoms with E-state index >= 15 is 0 Å². The van der Waals surface area contributed by atoms with Crippen molar-refractivity contribution in [2.24, 2.45) is 0 Å². The molecule has 6 heteroatoms. The number of nitrogens with one attached hydrogen (secondary N) is 1. The third-order valence-electron chi connectivity index (χ3n) is 2.69. The molecular formula is C15H27NO4S. The van der Waals surface area contributed by atoms with Gasteiger partial charge in [-0.25, -0.2) is 8.42 Å². The minimum atomic E-state index is -3.23. The highest BCUT2D eigenvalue weighted by molar-refractivity contribution is 7.90. The standard InChI is InChI=1S/C12H19NO4S.C3H8/c1-3-13-11(8-14)12(15)9-4-6-10(7-5-9)18(2,16)17;1-3-2/h4-7,11-15H,3,8H2,1-2H3;3H2,1-2H3/t11-,12-;/m1./s1. The first-order valence-electron chi connectivity index (χ1n) is 7.14. The van der Waals surface area contributed by atoms with Crippen LogP contribution in [0, 0.1) is 0 Å². The second-order valence-electron chi connectivity index (χ2n) is 4.84. The summed E-state index contributed by atoms with van der Waals surface area (Å²) in [4.78, 5) is 0.211. The van der Waals surface area contributed by atoms with Gasteiger partial charge in [0.1, 0.15) is 0 Å². The predicted molar refractivity (Wildman–Crippen MR) is 85.0 cm³/mol. The first kappa shape index (κ1) is 20.1. The van der Waals surface area contributed by atoms with E-state index in [2.05, 4.69) is 19.2 Å². The lowest BCUT2D eigenvalue weighted by molar-refractivity contribution is 0.0910. The van der Waals surface area contributed by atoms with Crippen LogP contribution in [0.2, 0.25) is 0 Å². The molecule has 122 valence electrons. The summed E-state index contributed by atoms with van der Waals surface area (Å²) in [5, 5.41) is 22.1. The lowest BCUT2D eigenvalue weighted by Gasteiger charge is -2.22. The van der Waals surface area contributed by atoms with Gasteiger partial charge in [0.2, 0.25) is 0 Å². The molecule has 0 aromatic heterocycles. The Balaban J connectivity index is 0.00000122. The van der Waals surface area contributed by atoms with Gasteiger partial charge in [-0.05, 0) is 24.2 Å². The van der Waals surface area contributed by atoms with Crippen molar-refractivity contribution in [3.8, 4) is 0 Å². The molecule has 1 aromatic carbocycles. The van der Waals surface area contributed by atoms with Gasteiger partial charge >= 0.3 is 0 Å². The smallest absolute Gasteiger partial charge is 0.175 e. The molecule has 21 heavy (non-hydrogen) atoms. The SMILES string of the molecule is CCC.CCN[C@H](CO)[C@H](O)c1ccc(S(C)(=O)=O)cc1. The third-order valence-corrected chi connectivity index (χ3v) is 3.82. The molecule has 2 atom stereocenters. The zero-order chi connectivity index (χ0) is 16.5. The second kappa shape index (κ2) is 9.89. The van der Waals surface area contributed by atoms with Crippen molar-refractivity contribution in [1.29, 1.82) is 0 Å². The van der Waals surface area contributed by atoms with Gasteiger partial charge in [0.15, 0.2) is 9.84 Å². The maximum Gasteiger partial charge on any atom is 0.175 e. The monoisotopic (exact) mass is 317 g/mol. The number of hydrogen-bond donors (Lipinski definition) is 3. The van der Waals surface area contributed by atoms with E-state index in [1.165, 1.54) is 18.6 Å². The molecule has 0 bridgehead atoms. The maximum atomic E-state index is 11.3. The van der Waals surface area contributed by atoms with Crippen molar-refractivity contribution in [2.75, 3.05) is 19.4 Å². The summed E-state index contributed by atoms with van der Waals surface area (Å²) in [6, 6.07) is 5.56. The molecule has 5 nitrogen and oxygen atoms in total. The van der Waals surface area contributed by atoms with Crippen LogP contribution in [0.3, 0.4) is 0 Å². The number of rotatable bonds is 6. The van der Waals surface area contributed by atoms with E-state index in [4.69, 9.17) is 5.11 Å². The van der Waals surface area contributed by atoms with E-state index in [-0.39, 0.29) is 11.5 Å². The Morgan fingerprint density at radius 2 is 1.62 bits per heavy atom. The van der Waals surface area contributed by atoms with Gasteiger partial charge in [0, 0.05) is 6.26 Å². The quantitative estimate of drug-likeness (QED) is 0.740. The van der Waals surface area contributed by atoms with Crippen molar-refractivity contribution < 1.29 is 18.6 Å². The van der Waals surface area contributed by atoms with E-state index in [9.17, 15) is 13.5 Å². The Morgan fingerprint density at radius 1 is 1.14 bits per heavy atom. The average Bonchev–Trinajstić information content (AvgIpc) is 2.44. The Bertz CT molecular complexity index is 485. The van der Waals surface area contributed by atoms with Gasteiger partial charge in [-0.2, -0.15) is 0 Å². The van der Waals surface area contributed by atoms with Crippen LogP contribution in [0.5, 0.6) is 0 Å². The molecule has 0 spiro atoms. The molecule has 0 amide bonds. The fourth-order valence-corrected chi connectivity index (χ4v) is 2.31. The fourth-order valence-electron chi connectivity index (χ4n) is 1.68. The number of sulfone groups is 1. The van der Waals surface area contributed by atoms with Crippen LogP contribution in [-0.4, -0.2) is 44.1 Å². The molecule has 0 aliphatic rings. The van der Waals surface area contributed by atoms with Crippen LogP contribution in [0.4, 0.5) is 0 Å². The summed E-state index contributed by atoms with van der Waals surface area (Å²) < 4.78 is 22.6. The molecule has 3 N–H and O–H groups in total. The van der Waals surface area contributed by atoms with Crippen molar-refractivity contribution in [2.45, 2.75) is 44.2 Å². The molecular weight excluding hydrogens is 290 g/mol. The van der Waals surface area contributed by atoms with E-state index < -0.39 is 22.0 Å². The lowest BCUT2D eigenvalue weighted by atomic mass is 10.0. The molecule has 0 saturated carbocycles. The average molecular weight is 317 g/mol. The van der Waals surface area contributed by atoms with Crippen molar-refractivity contribution in [3.63, 3.8) is 0 Å². The highest BCUT2D eigenvalue weighted by atomic mass is 32.2. The summed E-state index contributed by atoms with van der Waals surface area (Å²) in [6.07, 6.45) is 1.51. The minimum absolute atomic E-state index is 0.192. The van der Waals surface area contributed by atoms with Gasteiger partial charge in [-0.15, -0.1) is 0 Å². The van der Waals surface area contributed by atoms with Crippen molar-refractivity contribution in [1.82, 2.24) is 5.32 Å². The van der Waals surface area contributed by atoms with Crippen molar-refractivity contribution >= 4 is 9.84 Å². The van der Waals surface area contributed by atoms with Gasteiger partial charge in [0.05, 0.1) is 23.6 Å². The zero-order valence-electron chi connectivity index (χ0n) is 13.2. The number of aliphatic hydroxyl groups excluding tert-OH is 2. The number of likely N-dealkylation sites (N-methyl/N-ethyl adjacent to an activating group) is 1. The van der Waals surface area contributed by atoms with Gasteiger partial charge in [-0.1, -0.05) is 39.3 Å². The molecule has 1 aromatic rings. The number of benzene rings is 1. The third kappa shape index (κ3) is 7.04. The largest absolute Gasteiger partial charge is 0.395 e. The van der Waals surface area contributed by atoms with Crippen LogP contribution < -0.4 is 5.32 Å². The summed E-state index contributed by atoms with van der Waals surface area (Å²) in [6.45, 7) is 6.56. The van der Waals surface area contributed by atoms with E-state index in [1.54, 1.807) is 12.1 Å². The van der Waals surface area contributed by atoms with E-state index in [0.29, 0.717) is 12.1 Å². The normalized spacial score (nSPS) is 14.0. The number of hydrogen-bond acceptors (Lipinski definition) is 5. The molecule has 0 radical (unpaired) electrons. The Hall–Kier alpha value is -0.950. The van der Waals surface area contributed by atoms with Gasteiger partial charge in [-0.3, -0.25) is 0 Å². The predicted octanol–water partition coefficient (Wildman–Crippen LogP) is 1.51. The Kier molecular flexibility index (Phi) is 9.44. The maximum absolute atomic E-state index is 11.3. The van der Waals surface area contributed by atoms with Crippen LogP contribution in [0.25, 0.3) is 0 Å². The molecule has 1 rings (SSSR count). The summed E-state index contributed by atoms with van der Waals surface area (Å²) >= 11 is 0. The molecule has 0 fully saturated rings. The Morgan fingerprint density at radius 3 is 1.95 bits per heavy atom. The highest BCUT2D eigenvalue weighted by Gasteiger charge is 2.19. The first-order valence-corrected chi connectivity index (χ1v) is 9.03. The zero-order valence-corrected chi connectivity index (χ0v) is 14.0.